The Balaban J connectivity index is 1.40. The van der Waals surface area contributed by atoms with Crippen molar-refractivity contribution < 1.29 is 19.1 Å². The van der Waals surface area contributed by atoms with Crippen molar-refractivity contribution in [3.8, 4) is 16.9 Å². The molecule has 4 aromatic rings. The molecule has 1 aromatic heterocycles. The zero-order chi connectivity index (χ0) is 34.6. The maximum atomic E-state index is 13.6. The molecule has 48 heavy (non-hydrogen) atoms. The maximum absolute atomic E-state index is 13.6. The lowest BCUT2D eigenvalue weighted by atomic mass is 9.86. The van der Waals surface area contributed by atoms with Gasteiger partial charge in [0.2, 0.25) is 0 Å². The molecule has 3 N–H and O–H groups in total. The highest BCUT2D eigenvalue weighted by Gasteiger charge is 2.28. The molecule has 1 saturated heterocycles. The lowest BCUT2D eigenvalue weighted by molar-refractivity contribution is -0.144. The number of rotatable bonds is 7. The topological polar surface area (TPSA) is 119 Å². The summed E-state index contributed by atoms with van der Waals surface area (Å²) in [5.41, 5.74) is 4.74. The van der Waals surface area contributed by atoms with Gasteiger partial charge >= 0.3 is 17.8 Å². The average Bonchev–Trinajstić information content (AvgIpc) is 3.04. The number of likely N-dealkylation sites (N-methyl/N-ethyl adjacent to an activating group) is 1. The van der Waals surface area contributed by atoms with E-state index < -0.39 is 17.8 Å². The molecule has 0 atom stereocenters. The monoisotopic (exact) mass is 651 g/mol. The minimum Gasteiger partial charge on any atom is -0.492 e. The predicted molar refractivity (Wildman–Crippen MR) is 192 cm³/mol. The minimum atomic E-state index is -0.756. The summed E-state index contributed by atoms with van der Waals surface area (Å²) in [6, 6.07) is 19.0. The summed E-state index contributed by atoms with van der Waals surface area (Å²) in [6.45, 7) is 9.19. The number of nitrogens with zero attached hydrogens (tertiary/aromatic N) is 4. The van der Waals surface area contributed by atoms with E-state index in [0.29, 0.717) is 43.2 Å². The van der Waals surface area contributed by atoms with Crippen LogP contribution in [0.15, 0.2) is 66.9 Å². The first-order valence-corrected chi connectivity index (χ1v) is 16.0. The van der Waals surface area contributed by atoms with E-state index in [9.17, 15) is 14.4 Å². The van der Waals surface area contributed by atoms with Crippen molar-refractivity contribution in [3.63, 3.8) is 0 Å². The molecule has 0 spiro atoms. The molecule has 5 rings (SSSR count). The molecule has 11 nitrogen and oxygen atoms in total. The molecule has 1 aliphatic heterocycles. The summed E-state index contributed by atoms with van der Waals surface area (Å²) in [4.78, 5) is 50.1. The quantitative estimate of drug-likeness (QED) is 0.222. The van der Waals surface area contributed by atoms with Gasteiger partial charge in [0.15, 0.2) is 5.75 Å². The third-order valence-corrected chi connectivity index (χ3v) is 8.43. The Morgan fingerprint density at radius 2 is 1.50 bits per heavy atom. The smallest absolute Gasteiger partial charge is 0.323 e. The van der Waals surface area contributed by atoms with Crippen molar-refractivity contribution in [1.29, 1.82) is 0 Å². The third kappa shape index (κ3) is 7.92. The summed E-state index contributed by atoms with van der Waals surface area (Å²) >= 11 is 0. The zero-order valence-electron chi connectivity index (χ0n) is 28.8. The number of carbonyl (C=O) groups is 3. The average molecular weight is 652 g/mol. The molecule has 11 heteroatoms. The number of urea groups is 1. The number of piperazine rings is 1. The fraction of sp³-hybridized carbons (Fsp3) is 0.351. The third-order valence-electron chi connectivity index (χ3n) is 8.43. The van der Waals surface area contributed by atoms with Gasteiger partial charge in [0.1, 0.15) is 0 Å². The van der Waals surface area contributed by atoms with Crippen LogP contribution in [0.4, 0.5) is 21.9 Å². The lowest BCUT2D eigenvalue weighted by Crippen LogP contribution is -2.50. The number of nitrogens with one attached hydrogen (secondary N) is 3. The second-order valence-corrected chi connectivity index (χ2v) is 13.5. The molecule has 4 amide bonds. The lowest BCUT2D eigenvalue weighted by Gasteiger charge is -2.32. The highest BCUT2D eigenvalue weighted by Crippen LogP contribution is 2.39. The van der Waals surface area contributed by atoms with Crippen LogP contribution >= 0.6 is 0 Å². The van der Waals surface area contributed by atoms with E-state index in [0.717, 1.165) is 39.7 Å². The van der Waals surface area contributed by atoms with Crippen molar-refractivity contribution in [1.82, 2.24) is 19.7 Å². The van der Waals surface area contributed by atoms with E-state index >= 15 is 0 Å². The van der Waals surface area contributed by atoms with Gasteiger partial charge < -0.3 is 35.4 Å². The number of carbonyl (C=O) groups excluding carboxylic acids is 3. The first-order valence-electron chi connectivity index (χ1n) is 16.0. The van der Waals surface area contributed by atoms with Gasteiger partial charge in [-0.2, -0.15) is 0 Å². The number of pyridine rings is 1. The molecular formula is C37H45N7O4. The van der Waals surface area contributed by atoms with Crippen molar-refractivity contribution in [3.05, 3.63) is 78.1 Å². The van der Waals surface area contributed by atoms with Gasteiger partial charge in [-0.25, -0.2) is 4.79 Å². The van der Waals surface area contributed by atoms with Crippen LogP contribution in [0, 0.1) is 0 Å². The van der Waals surface area contributed by atoms with E-state index in [-0.39, 0.29) is 11.2 Å². The number of hydrogen-bond acceptors (Lipinski definition) is 7. The summed E-state index contributed by atoms with van der Waals surface area (Å²) in [5.74, 6) is -1.12. The first kappa shape index (κ1) is 34.3. The van der Waals surface area contributed by atoms with Crippen LogP contribution in [-0.2, 0) is 21.5 Å². The Bertz CT molecular complexity index is 1810. The van der Waals surface area contributed by atoms with Crippen LogP contribution in [0.1, 0.15) is 32.0 Å². The Morgan fingerprint density at radius 1 is 0.854 bits per heavy atom. The molecule has 0 unspecified atom stereocenters. The van der Waals surface area contributed by atoms with Gasteiger partial charge in [0.25, 0.3) is 0 Å². The molecule has 1 fully saturated rings. The molecule has 252 valence electrons. The minimum absolute atomic E-state index is 0.239. The Morgan fingerprint density at radius 3 is 2.10 bits per heavy atom. The molecule has 2 heterocycles. The highest BCUT2D eigenvalue weighted by molar-refractivity contribution is 6.39. The number of fused-ring (bicyclic) bond motifs is 1. The highest BCUT2D eigenvalue weighted by atomic mass is 16.5. The molecule has 0 aliphatic carbocycles. The normalized spacial score (nSPS) is 13.8. The van der Waals surface area contributed by atoms with E-state index in [4.69, 9.17) is 4.74 Å². The van der Waals surface area contributed by atoms with E-state index in [2.05, 4.69) is 36.8 Å². The van der Waals surface area contributed by atoms with Crippen molar-refractivity contribution in [2.75, 3.05) is 70.4 Å². The van der Waals surface area contributed by atoms with Crippen LogP contribution in [-0.4, -0.2) is 92.0 Å². The van der Waals surface area contributed by atoms with Crippen LogP contribution in [0.25, 0.3) is 21.9 Å². The predicted octanol–water partition coefficient (Wildman–Crippen LogP) is 5.63. The number of methoxy groups -OCH3 is 1. The van der Waals surface area contributed by atoms with Crippen molar-refractivity contribution in [2.24, 2.45) is 0 Å². The fourth-order valence-electron chi connectivity index (χ4n) is 5.73. The SMILES string of the molecule is COc1c(NC(=O)Nc2ccc(-c3ccc(CN(C)C)nc3)c3ccccc23)cc(C(C)(C)C)cc1NC(=O)C(=O)N1CCN(C)CC1. The van der Waals surface area contributed by atoms with Crippen molar-refractivity contribution >= 4 is 45.7 Å². The molecule has 1 aliphatic rings. The number of aromatic nitrogens is 1. The number of anilines is 3. The fourth-order valence-corrected chi connectivity index (χ4v) is 5.73. The van der Waals surface area contributed by atoms with Crippen LogP contribution in [0.3, 0.4) is 0 Å². The van der Waals surface area contributed by atoms with Gasteiger partial charge in [0.05, 0.1) is 29.9 Å². The van der Waals surface area contributed by atoms with Gasteiger partial charge in [-0.1, -0.05) is 57.2 Å². The van der Waals surface area contributed by atoms with Crippen LogP contribution < -0.4 is 20.7 Å². The number of ether oxygens (including phenoxy) is 1. The maximum Gasteiger partial charge on any atom is 0.323 e. The van der Waals surface area contributed by atoms with Crippen molar-refractivity contribution in [2.45, 2.75) is 32.7 Å². The summed E-state index contributed by atoms with van der Waals surface area (Å²) < 4.78 is 5.70. The molecular weight excluding hydrogens is 606 g/mol. The Kier molecular flexibility index (Phi) is 10.3. The zero-order valence-corrected chi connectivity index (χ0v) is 28.8. The number of hydrogen-bond donors (Lipinski definition) is 3. The Hall–Kier alpha value is -5.00. The number of benzene rings is 3. The van der Waals surface area contributed by atoms with Crippen LogP contribution in [0.2, 0.25) is 0 Å². The van der Waals surface area contributed by atoms with Gasteiger partial charge in [-0.05, 0) is 67.3 Å². The molecule has 0 saturated carbocycles. The van der Waals surface area contributed by atoms with E-state index in [1.165, 1.54) is 7.11 Å². The summed E-state index contributed by atoms with van der Waals surface area (Å²) in [5, 5.41) is 10.5. The molecule has 3 aromatic carbocycles. The van der Waals surface area contributed by atoms with Crippen LogP contribution in [0.5, 0.6) is 5.75 Å². The van der Waals surface area contributed by atoms with Gasteiger partial charge in [-0.15, -0.1) is 0 Å². The van der Waals surface area contributed by atoms with Gasteiger partial charge in [-0.3, -0.25) is 14.6 Å². The summed E-state index contributed by atoms with van der Waals surface area (Å²) in [6.07, 6.45) is 1.88. The standard InChI is InChI=1S/C37H45N7O4/c1-37(2,3)25-20-31(39-34(45)35(46)44-18-16-43(6)17-19-44)33(48-7)32(21-25)41-36(47)40-30-15-14-27(28-10-8-9-11-29(28)30)24-12-13-26(38-22-24)23-42(4)5/h8-15,20-22H,16-19,23H2,1-7H3,(H,39,45)(H2,40,41,47). The van der Waals surface area contributed by atoms with Gasteiger partial charge in [0, 0.05) is 49.9 Å². The molecule has 0 bridgehead atoms. The Labute approximate surface area is 282 Å². The second-order valence-electron chi connectivity index (χ2n) is 13.5. The first-order chi connectivity index (χ1) is 22.8. The van der Waals surface area contributed by atoms with E-state index in [1.54, 1.807) is 11.0 Å². The number of amides is 4. The van der Waals surface area contributed by atoms with E-state index in [1.807, 2.05) is 96.6 Å². The summed E-state index contributed by atoms with van der Waals surface area (Å²) in [7, 11) is 7.47. The molecule has 0 radical (unpaired) electrons. The largest absolute Gasteiger partial charge is 0.492 e. The second kappa shape index (κ2) is 14.4.